The number of nitro benzene ring substituents is 1. The van der Waals surface area contributed by atoms with Crippen molar-refractivity contribution in [2.45, 2.75) is 13.0 Å². The minimum Gasteiger partial charge on any atom is -0.507 e. The SMILES string of the molecule is COc1ccc(N2C(=O)C(=O)/C(=C(\C)NNC(=O)c3ccccc3O)C2c2cccc([N+](=O)[O-])c2)cc1. The lowest BCUT2D eigenvalue weighted by Gasteiger charge is -2.26. The molecular formula is C26H22N4O7. The number of aromatic hydroxyl groups is 1. The number of ketones is 1. The van der Waals surface area contributed by atoms with Crippen LogP contribution < -0.4 is 20.5 Å². The summed E-state index contributed by atoms with van der Waals surface area (Å²) in [5, 5.41) is 21.3. The van der Waals surface area contributed by atoms with Gasteiger partial charge in [-0.15, -0.1) is 0 Å². The quantitative estimate of drug-likeness (QED) is 0.193. The number of methoxy groups -OCH3 is 1. The summed E-state index contributed by atoms with van der Waals surface area (Å²) in [4.78, 5) is 51.1. The fourth-order valence-electron chi connectivity index (χ4n) is 4.05. The first kappa shape index (κ1) is 24.9. The molecule has 1 fully saturated rings. The normalized spacial score (nSPS) is 16.4. The zero-order valence-corrected chi connectivity index (χ0v) is 19.8. The Bertz CT molecular complexity index is 1430. The van der Waals surface area contributed by atoms with E-state index in [1.165, 1.54) is 49.3 Å². The second kappa shape index (κ2) is 10.2. The molecule has 37 heavy (non-hydrogen) atoms. The number of hydrogen-bond donors (Lipinski definition) is 3. The van der Waals surface area contributed by atoms with Gasteiger partial charge in [0.05, 0.1) is 29.2 Å². The Kier molecular flexibility index (Phi) is 6.87. The van der Waals surface area contributed by atoms with Crippen LogP contribution in [-0.2, 0) is 9.59 Å². The van der Waals surface area contributed by atoms with Crippen LogP contribution in [0.5, 0.6) is 11.5 Å². The smallest absolute Gasteiger partial charge is 0.300 e. The minimum absolute atomic E-state index is 0.00102. The summed E-state index contributed by atoms with van der Waals surface area (Å²) < 4.78 is 5.17. The summed E-state index contributed by atoms with van der Waals surface area (Å²) in [6.07, 6.45) is 0. The van der Waals surface area contributed by atoms with Crippen LogP contribution in [0.4, 0.5) is 11.4 Å². The van der Waals surface area contributed by atoms with Crippen molar-refractivity contribution in [3.63, 3.8) is 0 Å². The van der Waals surface area contributed by atoms with Gasteiger partial charge in [0.15, 0.2) is 0 Å². The van der Waals surface area contributed by atoms with Gasteiger partial charge in [-0.2, -0.15) is 0 Å². The van der Waals surface area contributed by atoms with Crippen molar-refractivity contribution >= 4 is 29.0 Å². The number of rotatable bonds is 7. The van der Waals surface area contributed by atoms with Gasteiger partial charge in [-0.1, -0.05) is 24.3 Å². The predicted molar refractivity (Wildman–Crippen MR) is 133 cm³/mol. The largest absolute Gasteiger partial charge is 0.507 e. The molecule has 0 aliphatic carbocycles. The Morgan fingerprint density at radius 3 is 2.38 bits per heavy atom. The molecule has 2 amide bonds. The van der Waals surface area contributed by atoms with Gasteiger partial charge in [0, 0.05) is 23.5 Å². The number of carbonyl (C=O) groups is 3. The average molecular weight is 502 g/mol. The first-order valence-electron chi connectivity index (χ1n) is 11.0. The number of anilines is 1. The summed E-state index contributed by atoms with van der Waals surface area (Å²) >= 11 is 0. The number of amides is 2. The third kappa shape index (κ3) is 4.82. The number of phenolic OH excluding ortho intramolecular Hbond substituents is 1. The minimum atomic E-state index is -1.03. The van der Waals surface area contributed by atoms with Crippen LogP contribution in [0.3, 0.4) is 0 Å². The maximum absolute atomic E-state index is 13.2. The molecule has 3 aromatic carbocycles. The van der Waals surface area contributed by atoms with Crippen LogP contribution in [0.1, 0.15) is 28.9 Å². The fourth-order valence-corrected chi connectivity index (χ4v) is 4.05. The van der Waals surface area contributed by atoms with E-state index in [4.69, 9.17) is 4.74 Å². The van der Waals surface area contributed by atoms with Gasteiger partial charge in [0.2, 0.25) is 0 Å². The number of nitrogens with one attached hydrogen (secondary N) is 2. The molecule has 4 rings (SSSR count). The van der Waals surface area contributed by atoms with E-state index in [1.54, 1.807) is 42.5 Å². The van der Waals surface area contributed by atoms with Crippen LogP contribution in [0, 0.1) is 10.1 Å². The zero-order valence-electron chi connectivity index (χ0n) is 19.8. The molecule has 1 heterocycles. The monoisotopic (exact) mass is 502 g/mol. The molecule has 0 saturated carbocycles. The van der Waals surface area contributed by atoms with E-state index in [9.17, 15) is 29.6 Å². The highest BCUT2D eigenvalue weighted by atomic mass is 16.6. The van der Waals surface area contributed by atoms with Crippen molar-refractivity contribution in [2.75, 3.05) is 12.0 Å². The fraction of sp³-hybridized carbons (Fsp3) is 0.115. The maximum atomic E-state index is 13.2. The average Bonchev–Trinajstić information content (AvgIpc) is 3.17. The van der Waals surface area contributed by atoms with Crippen LogP contribution in [0.25, 0.3) is 0 Å². The molecule has 0 radical (unpaired) electrons. The van der Waals surface area contributed by atoms with E-state index in [0.717, 1.165) is 0 Å². The van der Waals surface area contributed by atoms with Crippen molar-refractivity contribution in [2.24, 2.45) is 0 Å². The summed E-state index contributed by atoms with van der Waals surface area (Å²) in [6.45, 7) is 1.49. The second-order valence-electron chi connectivity index (χ2n) is 8.09. The Morgan fingerprint density at radius 1 is 1.03 bits per heavy atom. The number of carbonyl (C=O) groups excluding carboxylic acids is 3. The molecule has 0 bridgehead atoms. The molecule has 1 aliphatic rings. The number of hydrogen-bond acceptors (Lipinski definition) is 8. The summed E-state index contributed by atoms with van der Waals surface area (Å²) in [6, 6.07) is 17.0. The Hall–Kier alpha value is -5.19. The molecule has 11 heteroatoms. The Balaban J connectivity index is 1.77. The lowest BCUT2D eigenvalue weighted by Crippen LogP contribution is -2.37. The van der Waals surface area contributed by atoms with Gasteiger partial charge < -0.3 is 15.3 Å². The summed E-state index contributed by atoms with van der Waals surface area (Å²) in [5.41, 5.74) is 5.68. The van der Waals surface area contributed by atoms with Gasteiger partial charge in [0.25, 0.3) is 23.3 Å². The Labute approximate surface area is 211 Å². The summed E-state index contributed by atoms with van der Waals surface area (Å²) in [7, 11) is 1.49. The number of Topliss-reactive ketones (excluding diaryl/α,β-unsaturated/α-hetero) is 1. The molecule has 3 aromatic rings. The molecule has 1 saturated heterocycles. The number of phenols is 1. The van der Waals surface area contributed by atoms with Crippen LogP contribution in [0.15, 0.2) is 84.1 Å². The lowest BCUT2D eigenvalue weighted by atomic mass is 9.96. The molecule has 1 unspecified atom stereocenters. The molecule has 1 aliphatic heterocycles. The van der Waals surface area contributed by atoms with Crippen molar-refractivity contribution in [3.05, 3.63) is 105 Å². The number of benzene rings is 3. The highest BCUT2D eigenvalue weighted by Gasteiger charge is 2.46. The molecule has 1 atom stereocenters. The zero-order chi connectivity index (χ0) is 26.7. The molecule has 0 aromatic heterocycles. The van der Waals surface area contributed by atoms with E-state index >= 15 is 0 Å². The lowest BCUT2D eigenvalue weighted by molar-refractivity contribution is -0.384. The van der Waals surface area contributed by atoms with Gasteiger partial charge in [-0.3, -0.25) is 34.8 Å². The van der Waals surface area contributed by atoms with E-state index in [0.29, 0.717) is 17.0 Å². The molecule has 0 spiro atoms. The number of non-ortho nitro benzene ring substituents is 1. The van der Waals surface area contributed by atoms with Crippen molar-refractivity contribution in [3.8, 4) is 11.5 Å². The molecule has 188 valence electrons. The second-order valence-corrected chi connectivity index (χ2v) is 8.09. The highest BCUT2D eigenvalue weighted by Crippen LogP contribution is 2.41. The number of hydrazine groups is 1. The first-order chi connectivity index (χ1) is 17.7. The first-order valence-corrected chi connectivity index (χ1v) is 11.0. The third-order valence-corrected chi connectivity index (χ3v) is 5.85. The standard InChI is InChI=1S/C26H22N4O7/c1-15(27-28-25(33)20-8-3-4-9-21(20)31)22-23(16-6-5-7-18(14-16)30(35)36)29(26(34)24(22)32)17-10-12-19(37-2)13-11-17/h3-14,23,27,31H,1-2H3,(H,28,33)/b22-15+. The number of ether oxygens (including phenoxy) is 1. The van der Waals surface area contributed by atoms with Gasteiger partial charge in [-0.05, 0) is 48.9 Å². The number of nitrogens with zero attached hydrogens (tertiary/aromatic N) is 2. The van der Waals surface area contributed by atoms with Crippen molar-refractivity contribution < 1.29 is 29.2 Å². The van der Waals surface area contributed by atoms with Crippen LogP contribution in [0.2, 0.25) is 0 Å². The van der Waals surface area contributed by atoms with Gasteiger partial charge >= 0.3 is 0 Å². The van der Waals surface area contributed by atoms with Crippen LogP contribution >= 0.6 is 0 Å². The Morgan fingerprint density at radius 2 is 1.73 bits per heavy atom. The van der Waals surface area contributed by atoms with E-state index < -0.39 is 28.6 Å². The van der Waals surface area contributed by atoms with Crippen molar-refractivity contribution in [1.82, 2.24) is 10.9 Å². The molecular weight excluding hydrogens is 480 g/mol. The van der Waals surface area contributed by atoms with Crippen molar-refractivity contribution in [1.29, 1.82) is 0 Å². The third-order valence-electron chi connectivity index (χ3n) is 5.85. The number of para-hydroxylation sites is 1. The van der Waals surface area contributed by atoms with Gasteiger partial charge in [0.1, 0.15) is 11.5 Å². The maximum Gasteiger partial charge on any atom is 0.300 e. The summed E-state index contributed by atoms with van der Waals surface area (Å²) in [5.74, 6) is -2.05. The number of allylic oxidation sites excluding steroid dienone is 1. The van der Waals surface area contributed by atoms with E-state index in [2.05, 4.69) is 10.9 Å². The van der Waals surface area contributed by atoms with Crippen LogP contribution in [-0.4, -0.2) is 34.7 Å². The highest BCUT2D eigenvalue weighted by molar-refractivity contribution is 6.50. The topological polar surface area (TPSA) is 151 Å². The molecule has 11 nitrogen and oxygen atoms in total. The van der Waals surface area contributed by atoms with Gasteiger partial charge in [-0.25, -0.2) is 0 Å². The van der Waals surface area contributed by atoms with E-state index in [-0.39, 0.29) is 28.3 Å². The van der Waals surface area contributed by atoms with E-state index in [1.807, 2.05) is 0 Å². The molecule has 3 N–H and O–H groups in total. The predicted octanol–water partition coefficient (Wildman–Crippen LogP) is 3.17. The number of nitro groups is 1.